The minimum atomic E-state index is -3.24. The van der Waals surface area contributed by atoms with Crippen LogP contribution in [0.1, 0.15) is 25.5 Å². The van der Waals surface area contributed by atoms with Crippen molar-refractivity contribution < 1.29 is 17.9 Å². The summed E-state index contributed by atoms with van der Waals surface area (Å²) >= 11 is 0. The van der Waals surface area contributed by atoms with Crippen molar-refractivity contribution in [2.75, 3.05) is 20.0 Å². The molecule has 1 rings (SSSR count). The van der Waals surface area contributed by atoms with Gasteiger partial charge in [0.25, 0.3) is 0 Å². The van der Waals surface area contributed by atoms with Crippen molar-refractivity contribution in [3.05, 3.63) is 23.8 Å². The van der Waals surface area contributed by atoms with E-state index >= 15 is 0 Å². The average molecular weight is 273 g/mol. The molecule has 1 N–H and O–H groups in total. The molecule has 0 aromatic heterocycles. The predicted octanol–water partition coefficient (Wildman–Crippen LogP) is 1.70. The summed E-state index contributed by atoms with van der Waals surface area (Å²) in [6, 6.07) is 4.94. The Morgan fingerprint density at radius 2 is 1.94 bits per heavy atom. The fourth-order valence-electron chi connectivity index (χ4n) is 1.59. The van der Waals surface area contributed by atoms with Gasteiger partial charge in [-0.15, -0.1) is 0 Å². The number of hydrogen-bond acceptors (Lipinski definition) is 4. The maximum absolute atomic E-state index is 11.5. The molecule has 0 heterocycles. The van der Waals surface area contributed by atoms with Gasteiger partial charge in [-0.3, -0.25) is 0 Å². The Balaban J connectivity index is 3.02. The van der Waals surface area contributed by atoms with Crippen molar-refractivity contribution in [1.82, 2.24) is 4.72 Å². The Bertz CT molecular complexity index is 499. The summed E-state index contributed by atoms with van der Waals surface area (Å²) in [5.74, 6) is 1.32. The maximum atomic E-state index is 11.5. The van der Waals surface area contributed by atoms with Crippen LogP contribution in [0.3, 0.4) is 0 Å². The molecule has 1 unspecified atom stereocenters. The molecule has 0 aliphatic carbocycles. The largest absolute Gasteiger partial charge is 0.497 e. The molecule has 1 atom stereocenters. The molecule has 0 fully saturated rings. The lowest BCUT2D eigenvalue weighted by Gasteiger charge is -2.17. The van der Waals surface area contributed by atoms with Gasteiger partial charge in [-0.2, -0.15) is 0 Å². The molecule has 5 nitrogen and oxygen atoms in total. The van der Waals surface area contributed by atoms with Crippen LogP contribution in [-0.4, -0.2) is 28.4 Å². The smallest absolute Gasteiger partial charge is 0.211 e. The summed E-state index contributed by atoms with van der Waals surface area (Å²) < 4.78 is 36.0. The van der Waals surface area contributed by atoms with Gasteiger partial charge in [0, 0.05) is 17.7 Å². The highest BCUT2D eigenvalue weighted by Gasteiger charge is 2.17. The van der Waals surface area contributed by atoms with Crippen LogP contribution in [0.4, 0.5) is 0 Å². The minimum Gasteiger partial charge on any atom is -0.497 e. The maximum Gasteiger partial charge on any atom is 0.211 e. The van der Waals surface area contributed by atoms with Gasteiger partial charge in [-0.25, -0.2) is 13.1 Å². The Labute approximate surface area is 108 Å². The van der Waals surface area contributed by atoms with Gasteiger partial charge < -0.3 is 9.47 Å². The Hall–Kier alpha value is -1.27. The lowest BCUT2D eigenvalue weighted by atomic mass is 10.1. The van der Waals surface area contributed by atoms with E-state index in [1.807, 2.05) is 0 Å². The zero-order chi connectivity index (χ0) is 13.8. The van der Waals surface area contributed by atoms with Crippen LogP contribution in [-0.2, 0) is 10.0 Å². The van der Waals surface area contributed by atoms with E-state index in [9.17, 15) is 8.42 Å². The third-order valence-corrected chi connectivity index (χ3v) is 4.12. The highest BCUT2D eigenvalue weighted by Crippen LogP contribution is 2.29. The molecular formula is C12H19NO4S. The van der Waals surface area contributed by atoms with Gasteiger partial charge in [0.15, 0.2) is 0 Å². The molecule has 102 valence electrons. The summed E-state index contributed by atoms with van der Waals surface area (Å²) in [5.41, 5.74) is 0.773. The molecule has 6 heteroatoms. The third-order valence-electron chi connectivity index (χ3n) is 2.64. The van der Waals surface area contributed by atoms with E-state index < -0.39 is 10.0 Å². The lowest BCUT2D eigenvalue weighted by molar-refractivity contribution is 0.388. The number of rotatable bonds is 6. The van der Waals surface area contributed by atoms with Crippen molar-refractivity contribution in [3.8, 4) is 11.5 Å². The normalized spacial score (nSPS) is 13.1. The second-order valence-corrected chi connectivity index (χ2v) is 5.89. The molecular weight excluding hydrogens is 254 g/mol. The average Bonchev–Trinajstić information content (AvgIpc) is 2.37. The van der Waals surface area contributed by atoms with Gasteiger partial charge in [0.05, 0.1) is 20.0 Å². The van der Waals surface area contributed by atoms with Crippen molar-refractivity contribution in [1.29, 1.82) is 0 Å². The number of ether oxygens (including phenoxy) is 2. The first-order chi connectivity index (χ1) is 8.43. The molecule has 1 aromatic rings. The quantitative estimate of drug-likeness (QED) is 0.857. The van der Waals surface area contributed by atoms with E-state index in [1.54, 1.807) is 46.3 Å². The topological polar surface area (TPSA) is 64.6 Å². The molecule has 0 radical (unpaired) electrons. The Morgan fingerprint density at radius 3 is 2.44 bits per heavy atom. The van der Waals surface area contributed by atoms with E-state index in [-0.39, 0.29) is 11.8 Å². The van der Waals surface area contributed by atoms with Crippen LogP contribution in [0.5, 0.6) is 11.5 Å². The first-order valence-electron chi connectivity index (χ1n) is 5.65. The van der Waals surface area contributed by atoms with E-state index in [1.165, 1.54) is 0 Å². The summed E-state index contributed by atoms with van der Waals surface area (Å²) in [7, 11) is -0.136. The SMILES string of the molecule is CCS(=O)(=O)NC(C)c1ccc(OC)cc1OC. The number of methoxy groups -OCH3 is 2. The van der Waals surface area contributed by atoms with E-state index in [4.69, 9.17) is 9.47 Å². The van der Waals surface area contributed by atoms with Crippen molar-refractivity contribution in [2.45, 2.75) is 19.9 Å². The van der Waals surface area contributed by atoms with Gasteiger partial charge in [0.1, 0.15) is 11.5 Å². The third kappa shape index (κ3) is 3.61. The minimum absolute atomic E-state index is 0.0514. The van der Waals surface area contributed by atoms with Gasteiger partial charge in [-0.1, -0.05) is 6.07 Å². The van der Waals surface area contributed by atoms with Crippen LogP contribution >= 0.6 is 0 Å². The first-order valence-corrected chi connectivity index (χ1v) is 7.30. The summed E-state index contributed by atoms with van der Waals surface area (Å²) in [6.45, 7) is 3.37. The Morgan fingerprint density at radius 1 is 1.28 bits per heavy atom. The second kappa shape index (κ2) is 6.06. The zero-order valence-corrected chi connectivity index (χ0v) is 11.9. The number of hydrogen-bond donors (Lipinski definition) is 1. The Kier molecular flexibility index (Phi) is 4.98. The van der Waals surface area contributed by atoms with Crippen LogP contribution in [0.25, 0.3) is 0 Å². The van der Waals surface area contributed by atoms with E-state index in [0.717, 1.165) is 5.56 Å². The summed E-state index contributed by atoms with van der Waals surface area (Å²) in [5, 5.41) is 0. The molecule has 0 spiro atoms. The van der Waals surface area contributed by atoms with Crippen molar-refractivity contribution in [2.24, 2.45) is 0 Å². The zero-order valence-electron chi connectivity index (χ0n) is 11.1. The van der Waals surface area contributed by atoms with Crippen LogP contribution in [0.2, 0.25) is 0 Å². The standard InChI is InChI=1S/C12H19NO4S/c1-5-18(14,15)13-9(2)11-7-6-10(16-3)8-12(11)17-4/h6-9,13H,5H2,1-4H3. The first kappa shape index (κ1) is 14.8. The second-order valence-electron chi connectivity index (χ2n) is 3.85. The number of sulfonamides is 1. The van der Waals surface area contributed by atoms with Crippen LogP contribution < -0.4 is 14.2 Å². The molecule has 18 heavy (non-hydrogen) atoms. The molecule has 0 amide bonds. The predicted molar refractivity (Wildman–Crippen MR) is 70.6 cm³/mol. The number of benzene rings is 1. The molecule has 1 aromatic carbocycles. The van der Waals surface area contributed by atoms with Gasteiger partial charge >= 0.3 is 0 Å². The molecule has 0 saturated carbocycles. The van der Waals surface area contributed by atoms with Crippen molar-refractivity contribution >= 4 is 10.0 Å². The number of nitrogens with one attached hydrogen (secondary N) is 1. The van der Waals surface area contributed by atoms with Crippen LogP contribution in [0.15, 0.2) is 18.2 Å². The molecule has 0 bridgehead atoms. The molecule has 0 aliphatic rings. The summed E-state index contributed by atoms with van der Waals surface area (Å²) in [4.78, 5) is 0. The van der Waals surface area contributed by atoms with E-state index in [2.05, 4.69) is 4.72 Å². The fourth-order valence-corrected chi connectivity index (χ4v) is 2.42. The van der Waals surface area contributed by atoms with E-state index in [0.29, 0.717) is 11.5 Å². The highest BCUT2D eigenvalue weighted by molar-refractivity contribution is 7.89. The summed E-state index contributed by atoms with van der Waals surface area (Å²) in [6.07, 6.45) is 0. The van der Waals surface area contributed by atoms with Crippen molar-refractivity contribution in [3.63, 3.8) is 0 Å². The molecule has 0 saturated heterocycles. The lowest BCUT2D eigenvalue weighted by Crippen LogP contribution is -2.28. The van der Waals surface area contributed by atoms with Crippen LogP contribution in [0, 0.1) is 0 Å². The van der Waals surface area contributed by atoms with Gasteiger partial charge in [-0.05, 0) is 19.9 Å². The highest BCUT2D eigenvalue weighted by atomic mass is 32.2. The molecule has 0 aliphatic heterocycles. The monoisotopic (exact) mass is 273 g/mol. The fraction of sp³-hybridized carbons (Fsp3) is 0.500. The van der Waals surface area contributed by atoms with Gasteiger partial charge in [0.2, 0.25) is 10.0 Å².